The zero-order chi connectivity index (χ0) is 22.8. The van der Waals surface area contributed by atoms with Crippen LogP contribution in [0.15, 0.2) is 48.5 Å². The van der Waals surface area contributed by atoms with Crippen LogP contribution in [0.5, 0.6) is 0 Å². The van der Waals surface area contributed by atoms with Crippen molar-refractivity contribution in [3.63, 3.8) is 0 Å². The molecule has 0 aliphatic heterocycles. The summed E-state index contributed by atoms with van der Waals surface area (Å²) < 4.78 is 0. The number of amides is 2. The van der Waals surface area contributed by atoms with Crippen LogP contribution in [0, 0.1) is 5.92 Å². The first-order valence-corrected chi connectivity index (χ1v) is 12.4. The molecule has 0 bridgehead atoms. The SMILES string of the molecule is CCC(C(=O)NCC(C)C)N(Cc1ccc(Cl)c(Cl)c1)C(=O)CSCc1ccccc1. The lowest BCUT2D eigenvalue weighted by molar-refractivity contribution is -0.139. The van der Waals surface area contributed by atoms with E-state index in [1.807, 2.05) is 57.2 Å². The first-order chi connectivity index (χ1) is 14.8. The molecule has 0 spiro atoms. The normalized spacial score (nSPS) is 11.9. The predicted molar refractivity (Wildman–Crippen MR) is 132 cm³/mol. The minimum Gasteiger partial charge on any atom is -0.354 e. The number of hydrogen-bond acceptors (Lipinski definition) is 3. The minimum absolute atomic E-state index is 0.0708. The second-order valence-corrected chi connectivity index (χ2v) is 9.61. The van der Waals surface area contributed by atoms with Crippen LogP contribution < -0.4 is 5.32 Å². The average molecular weight is 481 g/mol. The van der Waals surface area contributed by atoms with E-state index in [1.165, 1.54) is 0 Å². The van der Waals surface area contributed by atoms with E-state index in [4.69, 9.17) is 23.2 Å². The van der Waals surface area contributed by atoms with Gasteiger partial charge in [0.05, 0.1) is 15.8 Å². The summed E-state index contributed by atoms with van der Waals surface area (Å²) in [7, 11) is 0. The van der Waals surface area contributed by atoms with Gasteiger partial charge in [-0.2, -0.15) is 0 Å². The van der Waals surface area contributed by atoms with Crippen LogP contribution in [0.2, 0.25) is 10.0 Å². The Morgan fingerprint density at radius 2 is 1.74 bits per heavy atom. The molecule has 1 atom stereocenters. The van der Waals surface area contributed by atoms with E-state index < -0.39 is 6.04 Å². The van der Waals surface area contributed by atoms with E-state index in [2.05, 4.69) is 5.32 Å². The highest BCUT2D eigenvalue weighted by molar-refractivity contribution is 7.99. The second kappa shape index (κ2) is 13.0. The Morgan fingerprint density at radius 1 is 1.03 bits per heavy atom. The van der Waals surface area contributed by atoms with Crippen molar-refractivity contribution in [2.45, 2.75) is 45.5 Å². The number of thioether (sulfide) groups is 1. The molecule has 0 aliphatic carbocycles. The molecular weight excluding hydrogens is 451 g/mol. The summed E-state index contributed by atoms with van der Waals surface area (Å²) in [6.45, 7) is 6.88. The van der Waals surface area contributed by atoms with E-state index in [1.54, 1.807) is 28.8 Å². The number of rotatable bonds is 11. The van der Waals surface area contributed by atoms with Crippen molar-refractivity contribution >= 4 is 46.8 Å². The lowest BCUT2D eigenvalue weighted by atomic mass is 10.1. The van der Waals surface area contributed by atoms with Crippen LogP contribution in [0.25, 0.3) is 0 Å². The van der Waals surface area contributed by atoms with Gasteiger partial charge in [-0.3, -0.25) is 9.59 Å². The average Bonchev–Trinajstić information content (AvgIpc) is 2.75. The molecule has 168 valence electrons. The monoisotopic (exact) mass is 480 g/mol. The molecule has 2 aromatic rings. The number of carbonyl (C=O) groups is 2. The largest absolute Gasteiger partial charge is 0.354 e. The van der Waals surface area contributed by atoms with Crippen molar-refractivity contribution in [1.29, 1.82) is 0 Å². The molecule has 2 aromatic carbocycles. The summed E-state index contributed by atoms with van der Waals surface area (Å²) in [6, 6.07) is 14.8. The first-order valence-electron chi connectivity index (χ1n) is 10.4. The maximum absolute atomic E-state index is 13.2. The highest BCUT2D eigenvalue weighted by Crippen LogP contribution is 2.24. The zero-order valence-electron chi connectivity index (χ0n) is 18.2. The molecule has 2 rings (SSSR count). The van der Waals surface area contributed by atoms with Gasteiger partial charge in [-0.05, 0) is 35.6 Å². The Morgan fingerprint density at radius 3 is 2.35 bits per heavy atom. The van der Waals surface area contributed by atoms with Crippen molar-refractivity contribution in [3.8, 4) is 0 Å². The summed E-state index contributed by atoms with van der Waals surface area (Å²) in [5, 5.41) is 3.86. The Balaban J connectivity index is 2.15. The van der Waals surface area contributed by atoms with Gasteiger partial charge in [-0.15, -0.1) is 11.8 Å². The number of nitrogens with zero attached hydrogens (tertiary/aromatic N) is 1. The van der Waals surface area contributed by atoms with E-state index in [0.717, 1.165) is 16.9 Å². The molecule has 0 aliphatic rings. The smallest absolute Gasteiger partial charge is 0.242 e. The standard InChI is InChI=1S/C24H30Cl2N2O2S/c1-4-22(24(30)27-13-17(2)3)28(14-19-10-11-20(25)21(26)12-19)23(29)16-31-15-18-8-6-5-7-9-18/h5-12,17,22H,4,13-16H2,1-3H3,(H,27,30). The van der Waals surface area contributed by atoms with Gasteiger partial charge < -0.3 is 10.2 Å². The molecule has 0 radical (unpaired) electrons. The van der Waals surface area contributed by atoms with Gasteiger partial charge >= 0.3 is 0 Å². The van der Waals surface area contributed by atoms with Crippen molar-refractivity contribution < 1.29 is 9.59 Å². The Bertz CT molecular complexity index is 862. The fraction of sp³-hybridized carbons (Fsp3) is 0.417. The van der Waals surface area contributed by atoms with Gasteiger partial charge in [0.2, 0.25) is 11.8 Å². The Labute approximate surface area is 199 Å². The van der Waals surface area contributed by atoms with Gasteiger partial charge in [0.15, 0.2) is 0 Å². The number of benzene rings is 2. The van der Waals surface area contributed by atoms with Gasteiger partial charge in [0.25, 0.3) is 0 Å². The van der Waals surface area contributed by atoms with Crippen molar-refractivity contribution in [1.82, 2.24) is 10.2 Å². The van der Waals surface area contributed by atoms with Crippen molar-refractivity contribution in [2.75, 3.05) is 12.3 Å². The minimum atomic E-state index is -0.543. The molecule has 7 heteroatoms. The molecule has 0 aromatic heterocycles. The molecule has 0 saturated carbocycles. The third kappa shape index (κ3) is 8.40. The van der Waals surface area contributed by atoms with E-state index in [9.17, 15) is 9.59 Å². The fourth-order valence-corrected chi connectivity index (χ4v) is 4.28. The summed E-state index contributed by atoms with van der Waals surface area (Å²) in [5.41, 5.74) is 2.00. The summed E-state index contributed by atoms with van der Waals surface area (Å²) in [6.07, 6.45) is 0.528. The van der Waals surface area contributed by atoms with E-state index in [0.29, 0.717) is 41.2 Å². The molecule has 2 amide bonds. The number of halogens is 2. The van der Waals surface area contributed by atoms with Crippen LogP contribution in [0.4, 0.5) is 0 Å². The summed E-state index contributed by atoms with van der Waals surface area (Å²) in [5.74, 6) is 1.17. The summed E-state index contributed by atoms with van der Waals surface area (Å²) in [4.78, 5) is 27.7. The molecule has 1 N–H and O–H groups in total. The number of hydrogen-bond donors (Lipinski definition) is 1. The molecular formula is C24H30Cl2N2O2S. The molecule has 31 heavy (non-hydrogen) atoms. The molecule has 0 fully saturated rings. The maximum Gasteiger partial charge on any atom is 0.242 e. The highest BCUT2D eigenvalue weighted by atomic mass is 35.5. The van der Waals surface area contributed by atoms with Crippen molar-refractivity contribution in [2.24, 2.45) is 5.92 Å². The van der Waals surface area contributed by atoms with Gasteiger partial charge in [0.1, 0.15) is 6.04 Å². The highest BCUT2D eigenvalue weighted by Gasteiger charge is 2.28. The Kier molecular flexibility index (Phi) is 10.7. The topological polar surface area (TPSA) is 49.4 Å². The number of nitrogens with one attached hydrogen (secondary N) is 1. The first kappa shape index (κ1) is 25.6. The van der Waals surface area contributed by atoms with Crippen molar-refractivity contribution in [3.05, 3.63) is 69.7 Å². The van der Waals surface area contributed by atoms with E-state index in [-0.39, 0.29) is 11.8 Å². The molecule has 1 unspecified atom stereocenters. The second-order valence-electron chi connectivity index (χ2n) is 7.81. The van der Waals surface area contributed by atoms with Crippen LogP contribution in [-0.2, 0) is 21.9 Å². The van der Waals surface area contributed by atoms with Gasteiger partial charge in [-0.1, -0.05) is 80.4 Å². The zero-order valence-corrected chi connectivity index (χ0v) is 20.6. The van der Waals surface area contributed by atoms with Crippen LogP contribution in [0.1, 0.15) is 38.3 Å². The lowest BCUT2D eigenvalue weighted by Crippen LogP contribution is -2.50. The third-order valence-electron chi connectivity index (χ3n) is 4.74. The molecule has 0 saturated heterocycles. The number of carbonyl (C=O) groups excluding carboxylic acids is 2. The van der Waals surface area contributed by atoms with Gasteiger partial charge in [0, 0.05) is 18.8 Å². The lowest BCUT2D eigenvalue weighted by Gasteiger charge is -2.31. The summed E-state index contributed by atoms with van der Waals surface area (Å²) >= 11 is 13.8. The molecule has 4 nitrogen and oxygen atoms in total. The quantitative estimate of drug-likeness (QED) is 0.441. The maximum atomic E-state index is 13.2. The van der Waals surface area contributed by atoms with Crippen LogP contribution >= 0.6 is 35.0 Å². The molecule has 0 heterocycles. The third-order valence-corrected chi connectivity index (χ3v) is 6.47. The van der Waals surface area contributed by atoms with Crippen LogP contribution in [-0.4, -0.2) is 35.1 Å². The van der Waals surface area contributed by atoms with Crippen LogP contribution in [0.3, 0.4) is 0 Å². The Hall–Kier alpha value is -1.69. The van der Waals surface area contributed by atoms with E-state index >= 15 is 0 Å². The van der Waals surface area contributed by atoms with Gasteiger partial charge in [-0.25, -0.2) is 0 Å². The fourth-order valence-electron chi connectivity index (χ4n) is 3.09. The predicted octanol–water partition coefficient (Wildman–Crippen LogP) is 5.81.